The number of aryl methyl sites for hydroxylation is 2. The fourth-order valence-corrected chi connectivity index (χ4v) is 5.84. The van der Waals surface area contributed by atoms with Crippen LogP contribution in [0, 0.1) is 0 Å². The first kappa shape index (κ1) is 22.6. The molecule has 5 nitrogen and oxygen atoms in total. The summed E-state index contributed by atoms with van der Waals surface area (Å²) >= 11 is 2.48. The Bertz CT molecular complexity index is 1250. The van der Waals surface area contributed by atoms with Gasteiger partial charge >= 0.3 is 6.18 Å². The van der Waals surface area contributed by atoms with Crippen molar-refractivity contribution in [1.82, 2.24) is 14.9 Å². The number of alkyl halides is 3. The maximum Gasteiger partial charge on any atom is 0.416 e. The van der Waals surface area contributed by atoms with Gasteiger partial charge in [0.25, 0.3) is 5.56 Å². The van der Waals surface area contributed by atoms with Crippen LogP contribution in [-0.4, -0.2) is 27.8 Å². The van der Waals surface area contributed by atoms with E-state index in [2.05, 4.69) is 16.9 Å². The number of carbonyl (C=O) groups is 1. The van der Waals surface area contributed by atoms with E-state index in [0.717, 1.165) is 60.0 Å². The molecule has 10 heteroatoms. The van der Waals surface area contributed by atoms with Crippen LogP contribution in [0.15, 0.2) is 46.9 Å². The highest BCUT2D eigenvalue weighted by Gasteiger charge is 2.31. The molecule has 2 aromatic heterocycles. The second kappa shape index (κ2) is 9.11. The van der Waals surface area contributed by atoms with E-state index in [1.807, 2.05) is 0 Å². The molecule has 0 atom stereocenters. The highest BCUT2D eigenvalue weighted by atomic mass is 32.2. The number of halogens is 3. The standard InChI is InChI=1S/C22H20F3N3O2S2/c1-2-10-26-17(29)12-31-21-27-19-18(15-8-3-4-9-16(15)32-19)20(30)28(21)14-7-5-6-13(11-14)22(23,24)25/h2,5-7,11H,1,3-4,8-10,12H2,(H,26,29). The second-order valence-corrected chi connectivity index (χ2v) is 9.38. The summed E-state index contributed by atoms with van der Waals surface area (Å²) in [5, 5.41) is 3.31. The summed E-state index contributed by atoms with van der Waals surface area (Å²) in [7, 11) is 0. The largest absolute Gasteiger partial charge is 0.416 e. The predicted octanol–water partition coefficient (Wildman–Crippen LogP) is 4.74. The molecule has 168 valence electrons. The number of nitrogens with one attached hydrogen (secondary N) is 1. The molecule has 0 saturated heterocycles. The molecule has 1 amide bonds. The fraction of sp³-hybridized carbons (Fsp3) is 0.318. The monoisotopic (exact) mass is 479 g/mol. The lowest BCUT2D eigenvalue weighted by molar-refractivity contribution is -0.137. The van der Waals surface area contributed by atoms with Gasteiger partial charge in [0.05, 0.1) is 22.4 Å². The van der Waals surface area contributed by atoms with Gasteiger partial charge in [-0.2, -0.15) is 13.2 Å². The van der Waals surface area contributed by atoms with Gasteiger partial charge in [-0.05, 0) is 49.4 Å². The molecule has 0 aliphatic heterocycles. The number of aromatic nitrogens is 2. The second-order valence-electron chi connectivity index (χ2n) is 7.36. The van der Waals surface area contributed by atoms with Gasteiger partial charge in [-0.15, -0.1) is 17.9 Å². The number of thioether (sulfide) groups is 1. The van der Waals surface area contributed by atoms with Crippen LogP contribution in [0.5, 0.6) is 0 Å². The Kier molecular flexibility index (Phi) is 6.43. The summed E-state index contributed by atoms with van der Waals surface area (Å²) < 4.78 is 41.2. The number of fused-ring (bicyclic) bond motifs is 3. The van der Waals surface area contributed by atoms with Crippen molar-refractivity contribution in [2.45, 2.75) is 37.0 Å². The average Bonchev–Trinajstić information content (AvgIpc) is 3.14. The molecule has 1 aliphatic carbocycles. The molecule has 1 N–H and O–H groups in total. The predicted molar refractivity (Wildman–Crippen MR) is 121 cm³/mol. The first-order valence-corrected chi connectivity index (χ1v) is 11.8. The maximum atomic E-state index is 13.6. The lowest BCUT2D eigenvalue weighted by atomic mass is 9.97. The fourth-order valence-electron chi connectivity index (χ4n) is 3.70. The van der Waals surface area contributed by atoms with E-state index in [1.165, 1.54) is 28.0 Å². The van der Waals surface area contributed by atoms with Crippen molar-refractivity contribution >= 4 is 39.2 Å². The van der Waals surface area contributed by atoms with Gasteiger partial charge in [-0.25, -0.2) is 4.98 Å². The smallest absolute Gasteiger partial charge is 0.352 e. The van der Waals surface area contributed by atoms with Crippen LogP contribution in [0.4, 0.5) is 13.2 Å². The van der Waals surface area contributed by atoms with Crippen LogP contribution in [0.2, 0.25) is 0 Å². The SMILES string of the molecule is C=CCNC(=O)CSc1nc2sc3c(c2c(=O)n1-c1cccc(C(F)(F)F)c1)CCCC3. The Labute approximate surface area is 190 Å². The molecule has 1 aliphatic rings. The normalized spacial score (nSPS) is 13.7. The van der Waals surface area contributed by atoms with Crippen molar-refractivity contribution in [2.24, 2.45) is 0 Å². The number of hydrogen-bond acceptors (Lipinski definition) is 5. The van der Waals surface area contributed by atoms with Crippen LogP contribution in [0.3, 0.4) is 0 Å². The van der Waals surface area contributed by atoms with Gasteiger partial charge in [-0.3, -0.25) is 14.2 Å². The van der Waals surface area contributed by atoms with Gasteiger partial charge < -0.3 is 5.32 Å². The van der Waals surface area contributed by atoms with Gasteiger partial charge in [-0.1, -0.05) is 23.9 Å². The number of nitrogens with zero attached hydrogens (tertiary/aromatic N) is 2. The Hall–Kier alpha value is -2.59. The highest BCUT2D eigenvalue weighted by molar-refractivity contribution is 7.99. The molecule has 1 aromatic carbocycles. The Balaban J connectivity index is 1.86. The van der Waals surface area contributed by atoms with Crippen molar-refractivity contribution < 1.29 is 18.0 Å². The number of thiophene rings is 1. The zero-order valence-corrected chi connectivity index (χ0v) is 18.6. The zero-order valence-electron chi connectivity index (χ0n) is 17.0. The number of carbonyl (C=O) groups excluding carboxylic acids is 1. The molecule has 2 heterocycles. The molecular weight excluding hydrogens is 459 g/mol. The Morgan fingerprint density at radius 1 is 1.31 bits per heavy atom. The maximum absolute atomic E-state index is 13.6. The minimum absolute atomic E-state index is 0.0319. The van der Waals surface area contributed by atoms with Gasteiger partial charge in [0.1, 0.15) is 4.83 Å². The topological polar surface area (TPSA) is 64.0 Å². The van der Waals surface area contributed by atoms with Crippen molar-refractivity contribution in [2.75, 3.05) is 12.3 Å². The Morgan fingerprint density at radius 3 is 2.84 bits per heavy atom. The van der Waals surface area contributed by atoms with Crippen LogP contribution in [-0.2, 0) is 23.8 Å². The van der Waals surface area contributed by atoms with E-state index in [9.17, 15) is 22.8 Å². The number of amides is 1. The molecule has 32 heavy (non-hydrogen) atoms. The van der Waals surface area contributed by atoms with Gasteiger partial charge in [0.15, 0.2) is 5.16 Å². The molecule has 0 bridgehead atoms. The quantitative estimate of drug-likeness (QED) is 0.315. The summed E-state index contributed by atoms with van der Waals surface area (Å²) in [4.78, 5) is 32.0. The lowest BCUT2D eigenvalue weighted by Crippen LogP contribution is -2.26. The van der Waals surface area contributed by atoms with Crippen LogP contribution in [0.25, 0.3) is 15.9 Å². The molecule has 0 unspecified atom stereocenters. The molecule has 4 rings (SSSR count). The van der Waals surface area contributed by atoms with E-state index in [4.69, 9.17) is 0 Å². The third-order valence-corrected chi connectivity index (χ3v) is 7.29. The molecule has 0 saturated carbocycles. The number of hydrogen-bond donors (Lipinski definition) is 1. The Morgan fingerprint density at radius 2 is 2.09 bits per heavy atom. The molecule has 0 spiro atoms. The summed E-state index contributed by atoms with van der Waals surface area (Å²) in [6, 6.07) is 4.62. The van der Waals surface area contributed by atoms with E-state index in [0.29, 0.717) is 16.8 Å². The highest BCUT2D eigenvalue weighted by Crippen LogP contribution is 2.36. The molecule has 3 aromatic rings. The van der Waals surface area contributed by atoms with Crippen molar-refractivity contribution in [3.63, 3.8) is 0 Å². The first-order chi connectivity index (χ1) is 15.3. The first-order valence-electron chi connectivity index (χ1n) is 10.0. The lowest BCUT2D eigenvalue weighted by Gasteiger charge is -2.15. The number of benzene rings is 1. The van der Waals surface area contributed by atoms with Crippen LogP contribution >= 0.6 is 23.1 Å². The summed E-state index contributed by atoms with van der Waals surface area (Å²) in [5.74, 6) is -0.319. The minimum atomic E-state index is -4.55. The third kappa shape index (κ3) is 4.47. The van der Waals surface area contributed by atoms with Crippen molar-refractivity contribution in [3.05, 3.63) is 63.3 Å². The van der Waals surface area contributed by atoms with Crippen LogP contribution in [0.1, 0.15) is 28.8 Å². The third-order valence-electron chi connectivity index (χ3n) is 5.17. The summed E-state index contributed by atoms with van der Waals surface area (Å²) in [5.41, 5.74) is -0.226. The van der Waals surface area contributed by atoms with E-state index in [-0.39, 0.29) is 22.5 Å². The summed E-state index contributed by atoms with van der Waals surface area (Å²) in [6.07, 6.45) is 0.615. The van der Waals surface area contributed by atoms with E-state index >= 15 is 0 Å². The minimum Gasteiger partial charge on any atom is -0.352 e. The number of rotatable bonds is 6. The molecule has 0 radical (unpaired) electrons. The molecule has 0 fully saturated rings. The summed E-state index contributed by atoms with van der Waals surface area (Å²) in [6.45, 7) is 3.84. The van der Waals surface area contributed by atoms with Crippen LogP contribution < -0.4 is 10.9 Å². The van der Waals surface area contributed by atoms with Gasteiger partial charge in [0.2, 0.25) is 5.91 Å². The molecular formula is C22H20F3N3O2S2. The van der Waals surface area contributed by atoms with E-state index < -0.39 is 17.3 Å². The van der Waals surface area contributed by atoms with E-state index in [1.54, 1.807) is 6.08 Å². The average molecular weight is 480 g/mol. The van der Waals surface area contributed by atoms with Crippen molar-refractivity contribution in [1.29, 1.82) is 0 Å². The zero-order chi connectivity index (χ0) is 22.9. The van der Waals surface area contributed by atoms with Gasteiger partial charge in [0, 0.05) is 11.4 Å². The van der Waals surface area contributed by atoms with Crippen molar-refractivity contribution in [3.8, 4) is 5.69 Å².